The average molecular weight is 367 g/mol. The highest BCUT2D eigenvalue weighted by Crippen LogP contribution is 2.27. The molecule has 0 heterocycles. The first-order valence-electron chi connectivity index (χ1n) is 8.28. The van der Waals surface area contributed by atoms with Crippen LogP contribution in [0.4, 0.5) is 5.69 Å². The van der Waals surface area contributed by atoms with Gasteiger partial charge < -0.3 is 20.1 Å². The van der Waals surface area contributed by atoms with E-state index in [1.165, 1.54) is 13.2 Å². The van der Waals surface area contributed by atoms with Gasteiger partial charge in [0.2, 0.25) is 5.91 Å². The molecule has 0 aromatic heterocycles. The Hall–Kier alpha value is -3.53. The van der Waals surface area contributed by atoms with Gasteiger partial charge in [0.25, 0.3) is 5.91 Å². The van der Waals surface area contributed by atoms with Gasteiger partial charge in [-0.2, -0.15) is 5.26 Å². The maximum absolute atomic E-state index is 12.0. The molecule has 7 nitrogen and oxygen atoms in total. The fraction of sp³-hybridized carbons (Fsp3) is 0.250. The van der Waals surface area contributed by atoms with Crippen molar-refractivity contribution in [2.75, 3.05) is 25.6 Å². The van der Waals surface area contributed by atoms with Crippen LogP contribution in [0.25, 0.3) is 0 Å². The minimum Gasteiger partial charge on any atom is -0.493 e. The summed E-state index contributed by atoms with van der Waals surface area (Å²) < 4.78 is 10.5. The highest BCUT2D eigenvalue weighted by atomic mass is 16.5. The summed E-state index contributed by atoms with van der Waals surface area (Å²) in [5.41, 5.74) is 3.19. The molecule has 7 heteroatoms. The smallest absolute Gasteiger partial charge is 0.258 e. The number of ether oxygens (including phenoxy) is 2. The molecule has 0 saturated heterocycles. The minimum absolute atomic E-state index is 0.167. The summed E-state index contributed by atoms with van der Waals surface area (Å²) in [6, 6.07) is 12.3. The fourth-order valence-electron chi connectivity index (χ4n) is 2.31. The van der Waals surface area contributed by atoms with E-state index in [-0.39, 0.29) is 19.1 Å². The van der Waals surface area contributed by atoms with Gasteiger partial charge in [-0.05, 0) is 43.2 Å². The molecule has 0 aliphatic heterocycles. The van der Waals surface area contributed by atoms with Crippen LogP contribution in [0, 0.1) is 25.2 Å². The lowest BCUT2D eigenvalue weighted by molar-refractivity contribution is -0.125. The fourth-order valence-corrected chi connectivity index (χ4v) is 2.31. The largest absolute Gasteiger partial charge is 0.493 e. The lowest BCUT2D eigenvalue weighted by Crippen LogP contribution is -2.35. The van der Waals surface area contributed by atoms with Crippen LogP contribution in [-0.4, -0.2) is 32.1 Å². The van der Waals surface area contributed by atoms with Crippen molar-refractivity contribution in [2.24, 2.45) is 0 Å². The van der Waals surface area contributed by atoms with Crippen LogP contribution in [0.15, 0.2) is 36.4 Å². The average Bonchev–Trinajstić information content (AvgIpc) is 2.68. The third-order valence-electron chi connectivity index (χ3n) is 3.98. The van der Waals surface area contributed by atoms with Gasteiger partial charge in [-0.1, -0.05) is 12.1 Å². The molecular formula is C20H21N3O4. The molecule has 0 aliphatic carbocycles. The second-order valence-electron chi connectivity index (χ2n) is 5.84. The Morgan fingerprint density at radius 1 is 1.11 bits per heavy atom. The molecule has 0 unspecified atom stereocenters. The summed E-state index contributed by atoms with van der Waals surface area (Å²) in [7, 11) is 1.45. The molecule has 0 bridgehead atoms. The Labute approximate surface area is 157 Å². The van der Waals surface area contributed by atoms with E-state index in [4.69, 9.17) is 14.7 Å². The van der Waals surface area contributed by atoms with Gasteiger partial charge in [0.1, 0.15) is 0 Å². The minimum atomic E-state index is -0.447. The van der Waals surface area contributed by atoms with E-state index in [0.717, 1.165) is 11.1 Å². The summed E-state index contributed by atoms with van der Waals surface area (Å²) in [6.07, 6.45) is 0. The number of nitriles is 1. The maximum atomic E-state index is 12.0. The number of hydrogen-bond donors (Lipinski definition) is 2. The number of carbonyl (C=O) groups is 2. The number of aryl methyl sites for hydroxylation is 1. The number of anilines is 1. The first-order valence-corrected chi connectivity index (χ1v) is 8.28. The molecule has 0 aliphatic rings. The zero-order valence-corrected chi connectivity index (χ0v) is 15.5. The monoisotopic (exact) mass is 367 g/mol. The van der Waals surface area contributed by atoms with E-state index < -0.39 is 5.91 Å². The Balaban J connectivity index is 1.83. The number of methoxy groups -OCH3 is 1. The number of nitrogens with one attached hydrogen (secondary N) is 2. The second kappa shape index (κ2) is 9.25. The van der Waals surface area contributed by atoms with Crippen molar-refractivity contribution >= 4 is 17.5 Å². The molecular weight excluding hydrogens is 346 g/mol. The predicted molar refractivity (Wildman–Crippen MR) is 101 cm³/mol. The summed E-state index contributed by atoms with van der Waals surface area (Å²) >= 11 is 0. The van der Waals surface area contributed by atoms with Crippen LogP contribution >= 0.6 is 0 Å². The van der Waals surface area contributed by atoms with E-state index in [2.05, 4.69) is 10.6 Å². The van der Waals surface area contributed by atoms with Gasteiger partial charge in [-0.15, -0.1) is 0 Å². The van der Waals surface area contributed by atoms with Gasteiger partial charge in [-0.25, -0.2) is 0 Å². The zero-order valence-electron chi connectivity index (χ0n) is 15.5. The third-order valence-corrected chi connectivity index (χ3v) is 3.98. The Morgan fingerprint density at radius 3 is 2.59 bits per heavy atom. The van der Waals surface area contributed by atoms with Crippen molar-refractivity contribution in [2.45, 2.75) is 13.8 Å². The lowest BCUT2D eigenvalue weighted by Gasteiger charge is -2.12. The molecule has 0 atom stereocenters. The number of benzene rings is 2. The van der Waals surface area contributed by atoms with Crippen LogP contribution in [0.5, 0.6) is 11.5 Å². The lowest BCUT2D eigenvalue weighted by atomic mass is 10.1. The Bertz CT molecular complexity index is 887. The maximum Gasteiger partial charge on any atom is 0.258 e. The van der Waals surface area contributed by atoms with Crippen LogP contribution in [0.3, 0.4) is 0 Å². The highest BCUT2D eigenvalue weighted by molar-refractivity contribution is 5.95. The summed E-state index contributed by atoms with van der Waals surface area (Å²) in [6.45, 7) is 3.43. The van der Waals surface area contributed by atoms with E-state index in [1.807, 2.05) is 38.1 Å². The van der Waals surface area contributed by atoms with Crippen molar-refractivity contribution in [3.63, 3.8) is 0 Å². The van der Waals surface area contributed by atoms with Crippen molar-refractivity contribution < 1.29 is 19.1 Å². The van der Waals surface area contributed by atoms with Gasteiger partial charge in [-0.3, -0.25) is 9.59 Å². The summed E-state index contributed by atoms with van der Waals surface area (Å²) in [5, 5.41) is 14.1. The molecule has 2 aromatic rings. The number of carbonyl (C=O) groups excluding carboxylic acids is 2. The summed E-state index contributed by atoms with van der Waals surface area (Å²) in [5.74, 6) is -0.0773. The first kappa shape index (κ1) is 19.8. The van der Waals surface area contributed by atoms with Gasteiger partial charge in [0.15, 0.2) is 18.1 Å². The van der Waals surface area contributed by atoms with Crippen LogP contribution < -0.4 is 20.1 Å². The molecule has 0 radical (unpaired) electrons. The zero-order chi connectivity index (χ0) is 19.8. The highest BCUT2D eigenvalue weighted by Gasteiger charge is 2.11. The van der Waals surface area contributed by atoms with E-state index in [9.17, 15) is 9.59 Å². The number of nitrogens with zero attached hydrogens (tertiary/aromatic N) is 1. The van der Waals surface area contributed by atoms with Crippen LogP contribution in [0.1, 0.15) is 16.7 Å². The van der Waals surface area contributed by atoms with Crippen molar-refractivity contribution in [3.05, 3.63) is 53.1 Å². The molecule has 2 rings (SSSR count). The number of hydrogen-bond acceptors (Lipinski definition) is 5. The standard InChI is InChI=1S/C20H21N3O4/c1-13-5-4-6-16(14(13)2)23-19(24)11-22-20(25)12-27-17-8-7-15(10-21)9-18(17)26-3/h4-9H,11-12H2,1-3H3,(H,22,25)(H,23,24). The first-order chi connectivity index (χ1) is 12.9. The molecule has 2 amide bonds. The van der Waals surface area contributed by atoms with Crippen molar-refractivity contribution in [1.82, 2.24) is 5.32 Å². The number of rotatable bonds is 7. The molecule has 2 aromatic carbocycles. The second-order valence-corrected chi connectivity index (χ2v) is 5.84. The quantitative estimate of drug-likeness (QED) is 0.782. The van der Waals surface area contributed by atoms with E-state index in [1.54, 1.807) is 12.1 Å². The molecule has 27 heavy (non-hydrogen) atoms. The number of amides is 2. The Kier molecular flexibility index (Phi) is 6.78. The molecule has 140 valence electrons. The van der Waals surface area contributed by atoms with E-state index >= 15 is 0 Å². The predicted octanol–water partition coefficient (Wildman–Crippen LogP) is 2.32. The SMILES string of the molecule is COc1cc(C#N)ccc1OCC(=O)NCC(=O)Nc1cccc(C)c1C. The van der Waals surface area contributed by atoms with Gasteiger partial charge in [0.05, 0.1) is 25.3 Å². The van der Waals surface area contributed by atoms with Crippen molar-refractivity contribution in [1.29, 1.82) is 5.26 Å². The molecule has 0 saturated carbocycles. The molecule has 0 fully saturated rings. The summed E-state index contributed by atoms with van der Waals surface area (Å²) in [4.78, 5) is 23.9. The normalized spacial score (nSPS) is 9.85. The van der Waals surface area contributed by atoms with Crippen molar-refractivity contribution in [3.8, 4) is 17.6 Å². The van der Waals surface area contributed by atoms with Gasteiger partial charge in [0, 0.05) is 11.8 Å². The molecule has 0 spiro atoms. The topological polar surface area (TPSA) is 100 Å². The van der Waals surface area contributed by atoms with Crippen LogP contribution in [-0.2, 0) is 9.59 Å². The van der Waals surface area contributed by atoms with Crippen LogP contribution in [0.2, 0.25) is 0 Å². The van der Waals surface area contributed by atoms with E-state index in [0.29, 0.717) is 22.7 Å². The molecule has 2 N–H and O–H groups in total. The third kappa shape index (κ3) is 5.47. The van der Waals surface area contributed by atoms with Gasteiger partial charge >= 0.3 is 0 Å². The Morgan fingerprint density at radius 2 is 1.89 bits per heavy atom.